The molecule has 1 aliphatic heterocycles. The fraction of sp³-hybridized carbons (Fsp3) is 0.238. The van der Waals surface area contributed by atoms with Crippen molar-refractivity contribution in [1.29, 1.82) is 0 Å². The summed E-state index contributed by atoms with van der Waals surface area (Å²) in [5.74, 6) is 0. The van der Waals surface area contributed by atoms with Crippen molar-refractivity contribution >= 4 is 59.4 Å². The number of halogens is 1. The van der Waals surface area contributed by atoms with Crippen LogP contribution >= 0.6 is 34.3 Å². The predicted molar refractivity (Wildman–Crippen MR) is 128 cm³/mol. The number of fused-ring (bicyclic) bond motifs is 1. The molecule has 5 rings (SSSR count). The molecule has 1 saturated heterocycles. The van der Waals surface area contributed by atoms with Crippen molar-refractivity contribution in [3.63, 3.8) is 0 Å². The van der Waals surface area contributed by atoms with Gasteiger partial charge in [-0.25, -0.2) is 13.4 Å². The van der Waals surface area contributed by atoms with Gasteiger partial charge in [0, 0.05) is 53.9 Å². The monoisotopic (exact) mass is 490 g/mol. The second kappa shape index (κ2) is 8.14. The van der Waals surface area contributed by atoms with E-state index in [-0.39, 0.29) is 0 Å². The number of thiophene rings is 1. The average molecular weight is 491 g/mol. The minimum absolute atomic E-state index is 0.368. The third-order valence-corrected chi connectivity index (χ3v) is 10.2. The maximum absolute atomic E-state index is 13.2. The molecule has 0 unspecified atom stereocenters. The van der Waals surface area contributed by atoms with Gasteiger partial charge in [0.25, 0.3) is 10.0 Å². The topological polar surface area (TPSA) is 66.4 Å². The van der Waals surface area contributed by atoms with Crippen LogP contribution in [0.4, 0.5) is 5.00 Å². The molecule has 0 N–H and O–H groups in total. The Morgan fingerprint density at radius 2 is 1.74 bits per heavy atom. The van der Waals surface area contributed by atoms with Crippen LogP contribution in [0.2, 0.25) is 5.02 Å². The van der Waals surface area contributed by atoms with E-state index in [0.29, 0.717) is 35.4 Å². The SMILES string of the molecule is Cc1nc(-c2ccncc2)sc1N1CCN(S(=O)(=O)c2cc3ccc(Cl)cc3s2)CC1. The Labute approximate surface area is 193 Å². The van der Waals surface area contributed by atoms with Crippen molar-refractivity contribution in [1.82, 2.24) is 14.3 Å². The van der Waals surface area contributed by atoms with Crippen molar-refractivity contribution in [3.05, 3.63) is 59.5 Å². The molecule has 3 aromatic heterocycles. The Morgan fingerprint density at radius 1 is 1.00 bits per heavy atom. The van der Waals surface area contributed by atoms with Gasteiger partial charge in [-0.1, -0.05) is 29.0 Å². The molecule has 0 spiro atoms. The molecule has 0 bridgehead atoms. The molecule has 160 valence electrons. The first-order valence-electron chi connectivity index (χ1n) is 9.74. The number of aryl methyl sites for hydroxylation is 1. The van der Waals surface area contributed by atoms with E-state index in [1.807, 2.05) is 31.2 Å². The first-order valence-corrected chi connectivity index (χ1v) is 13.2. The van der Waals surface area contributed by atoms with Gasteiger partial charge in [-0.05, 0) is 42.6 Å². The molecule has 0 atom stereocenters. The van der Waals surface area contributed by atoms with Gasteiger partial charge in [-0.2, -0.15) is 4.31 Å². The van der Waals surface area contributed by atoms with Gasteiger partial charge in [-0.3, -0.25) is 4.98 Å². The third kappa shape index (κ3) is 3.96. The summed E-state index contributed by atoms with van der Waals surface area (Å²) in [4.78, 5) is 11.0. The Balaban J connectivity index is 1.33. The summed E-state index contributed by atoms with van der Waals surface area (Å²) in [6.45, 7) is 4.16. The van der Waals surface area contributed by atoms with E-state index in [9.17, 15) is 8.42 Å². The lowest BCUT2D eigenvalue weighted by molar-refractivity contribution is 0.386. The second-order valence-electron chi connectivity index (χ2n) is 7.28. The normalized spacial score (nSPS) is 15.6. The molecule has 0 aliphatic carbocycles. The van der Waals surface area contributed by atoms with Crippen molar-refractivity contribution in [2.24, 2.45) is 0 Å². The summed E-state index contributed by atoms with van der Waals surface area (Å²) in [6, 6.07) is 11.1. The summed E-state index contributed by atoms with van der Waals surface area (Å²) in [5.41, 5.74) is 2.01. The number of pyridine rings is 1. The zero-order chi connectivity index (χ0) is 21.6. The lowest BCUT2D eigenvalue weighted by Crippen LogP contribution is -2.48. The predicted octanol–water partition coefficient (Wildman–Crippen LogP) is 4.89. The number of benzene rings is 1. The van der Waals surface area contributed by atoms with Crippen LogP contribution in [0.5, 0.6) is 0 Å². The average Bonchev–Trinajstić information content (AvgIpc) is 3.38. The van der Waals surface area contributed by atoms with Crippen LogP contribution in [0.15, 0.2) is 53.0 Å². The van der Waals surface area contributed by atoms with Gasteiger partial charge in [0.2, 0.25) is 0 Å². The first-order chi connectivity index (χ1) is 14.9. The van der Waals surface area contributed by atoms with Crippen LogP contribution in [-0.2, 0) is 10.0 Å². The highest BCUT2D eigenvalue weighted by Gasteiger charge is 2.31. The van der Waals surface area contributed by atoms with Gasteiger partial charge < -0.3 is 4.90 Å². The van der Waals surface area contributed by atoms with E-state index >= 15 is 0 Å². The van der Waals surface area contributed by atoms with Gasteiger partial charge in [0.15, 0.2) is 0 Å². The van der Waals surface area contributed by atoms with Crippen molar-refractivity contribution in [2.75, 3.05) is 31.1 Å². The second-order valence-corrected chi connectivity index (χ2v) is 11.9. The number of rotatable bonds is 4. The van der Waals surface area contributed by atoms with Crippen LogP contribution in [0, 0.1) is 6.92 Å². The summed E-state index contributed by atoms with van der Waals surface area (Å²) >= 11 is 8.96. The van der Waals surface area contributed by atoms with Gasteiger partial charge >= 0.3 is 0 Å². The highest BCUT2D eigenvalue weighted by atomic mass is 35.5. The smallest absolute Gasteiger partial charge is 0.252 e. The fourth-order valence-electron chi connectivity index (χ4n) is 3.67. The summed E-state index contributed by atoms with van der Waals surface area (Å²) in [7, 11) is -3.53. The number of hydrogen-bond acceptors (Lipinski definition) is 7. The Bertz CT molecular complexity index is 1340. The minimum Gasteiger partial charge on any atom is -0.359 e. The van der Waals surface area contributed by atoms with E-state index in [1.165, 1.54) is 11.3 Å². The molecule has 6 nitrogen and oxygen atoms in total. The maximum atomic E-state index is 13.2. The van der Waals surface area contributed by atoms with Gasteiger partial charge in [-0.15, -0.1) is 11.3 Å². The van der Waals surface area contributed by atoms with E-state index < -0.39 is 10.0 Å². The van der Waals surface area contributed by atoms with Crippen LogP contribution < -0.4 is 4.90 Å². The highest BCUT2D eigenvalue weighted by molar-refractivity contribution is 7.91. The van der Waals surface area contributed by atoms with E-state index in [4.69, 9.17) is 16.6 Å². The number of aromatic nitrogens is 2. The minimum atomic E-state index is -3.53. The summed E-state index contributed by atoms with van der Waals surface area (Å²) < 4.78 is 29.3. The molecule has 0 radical (unpaired) electrons. The zero-order valence-corrected chi connectivity index (χ0v) is 19.9. The molecule has 4 aromatic rings. The third-order valence-electron chi connectivity index (χ3n) is 5.28. The number of hydrogen-bond donors (Lipinski definition) is 0. The van der Waals surface area contributed by atoms with E-state index in [1.54, 1.807) is 40.2 Å². The van der Waals surface area contributed by atoms with Gasteiger partial charge in [0.05, 0.1) is 5.69 Å². The van der Waals surface area contributed by atoms with Crippen molar-refractivity contribution in [3.8, 4) is 10.6 Å². The number of nitrogens with zero attached hydrogens (tertiary/aromatic N) is 4. The van der Waals surface area contributed by atoms with E-state index in [2.05, 4.69) is 9.88 Å². The van der Waals surface area contributed by atoms with Crippen LogP contribution in [0.3, 0.4) is 0 Å². The van der Waals surface area contributed by atoms with E-state index in [0.717, 1.165) is 31.4 Å². The Morgan fingerprint density at radius 3 is 2.48 bits per heavy atom. The van der Waals surface area contributed by atoms with Gasteiger partial charge in [0.1, 0.15) is 14.2 Å². The molecule has 4 heterocycles. The molecule has 0 amide bonds. The quantitative estimate of drug-likeness (QED) is 0.407. The molecule has 1 fully saturated rings. The van der Waals surface area contributed by atoms with Crippen LogP contribution in [-0.4, -0.2) is 48.9 Å². The largest absolute Gasteiger partial charge is 0.359 e. The lowest BCUT2D eigenvalue weighted by atomic mass is 10.3. The molecular formula is C21H19ClN4O2S3. The Hall–Kier alpha value is -2.04. The van der Waals surface area contributed by atoms with Crippen molar-refractivity contribution in [2.45, 2.75) is 11.1 Å². The number of anilines is 1. The molecule has 1 aromatic carbocycles. The zero-order valence-electron chi connectivity index (χ0n) is 16.7. The molecule has 31 heavy (non-hydrogen) atoms. The molecule has 10 heteroatoms. The number of piperazine rings is 1. The summed E-state index contributed by atoms with van der Waals surface area (Å²) in [5, 5.41) is 3.56. The Kier molecular flexibility index (Phi) is 5.47. The standard InChI is InChI=1S/C21H19ClN4O2S3/c1-14-21(30-20(24-14)15-4-6-23-7-5-15)25-8-10-26(11-9-25)31(27,28)19-12-16-2-3-17(22)13-18(16)29-19/h2-7,12-13H,8-11H2,1H3. The molecule has 0 saturated carbocycles. The number of thiazole rings is 1. The fourth-order valence-corrected chi connectivity index (χ4v) is 8.04. The first kappa shape index (κ1) is 20.8. The number of sulfonamides is 1. The lowest BCUT2D eigenvalue weighted by Gasteiger charge is -2.34. The van der Waals surface area contributed by atoms with Crippen molar-refractivity contribution < 1.29 is 8.42 Å². The molecular weight excluding hydrogens is 472 g/mol. The summed E-state index contributed by atoms with van der Waals surface area (Å²) in [6.07, 6.45) is 3.52. The molecule has 1 aliphatic rings. The van der Waals surface area contributed by atoms with Crippen LogP contribution in [0.1, 0.15) is 5.69 Å². The highest BCUT2D eigenvalue weighted by Crippen LogP contribution is 2.36. The maximum Gasteiger partial charge on any atom is 0.252 e. The van der Waals surface area contributed by atoms with Crippen LogP contribution in [0.25, 0.3) is 20.7 Å².